The van der Waals surface area contributed by atoms with E-state index < -0.39 is 0 Å². The molecule has 2 nitrogen and oxygen atoms in total. The van der Waals surface area contributed by atoms with E-state index in [0.717, 1.165) is 19.5 Å². The lowest BCUT2D eigenvalue weighted by atomic mass is 9.99. The summed E-state index contributed by atoms with van der Waals surface area (Å²) in [5.41, 5.74) is 5.81. The van der Waals surface area contributed by atoms with Crippen LogP contribution in [0, 0.1) is 0 Å². The third-order valence-electron chi connectivity index (χ3n) is 4.33. The highest BCUT2D eigenvalue weighted by atomic mass is 32.1. The van der Waals surface area contributed by atoms with Crippen LogP contribution in [-0.2, 0) is 25.9 Å². The number of anilines is 1. The van der Waals surface area contributed by atoms with Crippen LogP contribution >= 0.6 is 11.3 Å². The summed E-state index contributed by atoms with van der Waals surface area (Å²) in [6.45, 7) is 5.35. The third-order valence-corrected chi connectivity index (χ3v) is 5.29. The fourth-order valence-corrected chi connectivity index (χ4v) is 4.05. The SMILES string of the molecule is CCc1ccsc1CNCc1ccc2c(c1)CCCN2C. The van der Waals surface area contributed by atoms with Crippen molar-refractivity contribution in [3.05, 3.63) is 51.2 Å². The molecule has 1 aromatic heterocycles. The summed E-state index contributed by atoms with van der Waals surface area (Å²) < 4.78 is 0. The summed E-state index contributed by atoms with van der Waals surface area (Å²) in [6.07, 6.45) is 3.62. The van der Waals surface area contributed by atoms with Crippen LogP contribution in [0.25, 0.3) is 0 Å². The van der Waals surface area contributed by atoms with Gasteiger partial charge in [-0.15, -0.1) is 11.3 Å². The minimum absolute atomic E-state index is 0.956. The van der Waals surface area contributed by atoms with E-state index in [2.05, 4.69) is 53.8 Å². The molecule has 112 valence electrons. The van der Waals surface area contributed by atoms with Crippen LogP contribution in [0.1, 0.15) is 34.9 Å². The zero-order valence-corrected chi connectivity index (χ0v) is 13.8. The molecule has 0 saturated carbocycles. The first-order valence-corrected chi connectivity index (χ1v) is 8.74. The van der Waals surface area contributed by atoms with Gasteiger partial charge in [-0.2, -0.15) is 0 Å². The Bertz CT molecular complexity index is 603. The molecule has 3 rings (SSSR count). The summed E-state index contributed by atoms with van der Waals surface area (Å²) in [5, 5.41) is 5.79. The first-order chi connectivity index (χ1) is 10.3. The van der Waals surface area contributed by atoms with Gasteiger partial charge in [0, 0.05) is 37.2 Å². The van der Waals surface area contributed by atoms with Crippen LogP contribution in [-0.4, -0.2) is 13.6 Å². The summed E-state index contributed by atoms with van der Waals surface area (Å²) in [5.74, 6) is 0. The highest BCUT2D eigenvalue weighted by Gasteiger charge is 2.13. The predicted octanol–water partition coefficient (Wildman–Crippen LogP) is 3.98. The fraction of sp³-hybridized carbons (Fsp3) is 0.444. The Morgan fingerprint density at radius 1 is 1.24 bits per heavy atom. The largest absolute Gasteiger partial charge is 0.374 e. The van der Waals surface area contributed by atoms with Crippen molar-refractivity contribution in [3.8, 4) is 0 Å². The smallest absolute Gasteiger partial charge is 0.0396 e. The van der Waals surface area contributed by atoms with Crippen LogP contribution in [0.5, 0.6) is 0 Å². The minimum Gasteiger partial charge on any atom is -0.374 e. The number of hydrogen-bond acceptors (Lipinski definition) is 3. The van der Waals surface area contributed by atoms with Crippen LogP contribution in [0.15, 0.2) is 29.6 Å². The van der Waals surface area contributed by atoms with Crippen molar-refractivity contribution >= 4 is 17.0 Å². The molecular formula is C18H24N2S. The molecule has 0 radical (unpaired) electrons. The summed E-state index contributed by atoms with van der Waals surface area (Å²) in [6, 6.07) is 9.18. The normalized spacial score (nSPS) is 14.3. The van der Waals surface area contributed by atoms with E-state index in [4.69, 9.17) is 0 Å². The van der Waals surface area contributed by atoms with Crippen molar-refractivity contribution in [2.75, 3.05) is 18.5 Å². The number of benzene rings is 1. The molecule has 0 saturated heterocycles. The van der Waals surface area contributed by atoms with Gasteiger partial charge in [0.05, 0.1) is 0 Å². The Hall–Kier alpha value is -1.32. The molecule has 3 heteroatoms. The maximum absolute atomic E-state index is 3.59. The Kier molecular flexibility index (Phi) is 4.61. The van der Waals surface area contributed by atoms with E-state index in [1.807, 2.05) is 11.3 Å². The lowest BCUT2D eigenvalue weighted by Crippen LogP contribution is -2.24. The van der Waals surface area contributed by atoms with Crippen molar-refractivity contribution in [1.29, 1.82) is 0 Å². The van der Waals surface area contributed by atoms with Gasteiger partial charge in [-0.3, -0.25) is 0 Å². The quantitative estimate of drug-likeness (QED) is 0.898. The molecule has 0 aliphatic carbocycles. The maximum Gasteiger partial charge on any atom is 0.0396 e. The molecule has 0 bridgehead atoms. The zero-order chi connectivity index (χ0) is 14.7. The lowest BCUT2D eigenvalue weighted by molar-refractivity contribution is 0.692. The van der Waals surface area contributed by atoms with Crippen molar-refractivity contribution in [2.45, 2.75) is 39.3 Å². The number of rotatable bonds is 5. The molecule has 1 aliphatic heterocycles. The first-order valence-electron chi connectivity index (χ1n) is 7.87. The van der Waals surface area contributed by atoms with E-state index in [9.17, 15) is 0 Å². The molecule has 1 N–H and O–H groups in total. The number of nitrogens with zero attached hydrogens (tertiary/aromatic N) is 1. The average molecular weight is 300 g/mol. The Morgan fingerprint density at radius 2 is 2.14 bits per heavy atom. The first kappa shape index (κ1) is 14.6. The molecule has 0 fully saturated rings. The summed E-state index contributed by atoms with van der Waals surface area (Å²) in [7, 11) is 2.19. The van der Waals surface area contributed by atoms with Crippen LogP contribution < -0.4 is 10.2 Å². The minimum atomic E-state index is 0.956. The van der Waals surface area contributed by atoms with Gasteiger partial charge >= 0.3 is 0 Å². The number of nitrogens with one attached hydrogen (secondary N) is 1. The van der Waals surface area contributed by atoms with Gasteiger partial charge in [0.1, 0.15) is 0 Å². The lowest BCUT2D eigenvalue weighted by Gasteiger charge is -2.27. The van der Waals surface area contributed by atoms with Crippen molar-refractivity contribution < 1.29 is 0 Å². The Balaban J connectivity index is 1.61. The molecule has 0 unspecified atom stereocenters. The van der Waals surface area contributed by atoms with Gasteiger partial charge in [-0.25, -0.2) is 0 Å². The summed E-state index contributed by atoms with van der Waals surface area (Å²) >= 11 is 1.86. The Morgan fingerprint density at radius 3 is 3.00 bits per heavy atom. The van der Waals surface area contributed by atoms with Gasteiger partial charge < -0.3 is 10.2 Å². The number of aryl methyl sites for hydroxylation is 2. The van der Waals surface area contributed by atoms with E-state index in [1.165, 1.54) is 46.6 Å². The topological polar surface area (TPSA) is 15.3 Å². The maximum atomic E-state index is 3.59. The van der Waals surface area contributed by atoms with Crippen LogP contribution in [0.4, 0.5) is 5.69 Å². The molecule has 2 heterocycles. The van der Waals surface area contributed by atoms with Gasteiger partial charge in [0.25, 0.3) is 0 Å². The second kappa shape index (κ2) is 6.63. The monoisotopic (exact) mass is 300 g/mol. The van der Waals surface area contributed by atoms with Gasteiger partial charge in [0.2, 0.25) is 0 Å². The van der Waals surface area contributed by atoms with Gasteiger partial charge in [-0.05, 0) is 53.5 Å². The number of hydrogen-bond donors (Lipinski definition) is 1. The third kappa shape index (κ3) is 3.30. The molecule has 0 atom stereocenters. The molecule has 21 heavy (non-hydrogen) atoms. The second-order valence-electron chi connectivity index (χ2n) is 5.81. The molecule has 0 spiro atoms. The Labute approximate surface area is 131 Å². The van der Waals surface area contributed by atoms with E-state index in [-0.39, 0.29) is 0 Å². The predicted molar refractivity (Wildman–Crippen MR) is 92.3 cm³/mol. The van der Waals surface area contributed by atoms with E-state index >= 15 is 0 Å². The molecule has 1 aliphatic rings. The number of thiophene rings is 1. The van der Waals surface area contributed by atoms with Gasteiger partial charge in [0.15, 0.2) is 0 Å². The van der Waals surface area contributed by atoms with E-state index in [0.29, 0.717) is 0 Å². The van der Waals surface area contributed by atoms with E-state index in [1.54, 1.807) is 0 Å². The summed E-state index contributed by atoms with van der Waals surface area (Å²) in [4.78, 5) is 3.85. The molecule has 0 amide bonds. The zero-order valence-electron chi connectivity index (χ0n) is 13.0. The van der Waals surface area contributed by atoms with Crippen LogP contribution in [0.2, 0.25) is 0 Å². The second-order valence-corrected chi connectivity index (χ2v) is 6.81. The average Bonchev–Trinajstić information content (AvgIpc) is 2.95. The highest BCUT2D eigenvalue weighted by molar-refractivity contribution is 7.10. The van der Waals surface area contributed by atoms with Crippen molar-refractivity contribution in [3.63, 3.8) is 0 Å². The molecule has 1 aromatic carbocycles. The van der Waals surface area contributed by atoms with Crippen LogP contribution in [0.3, 0.4) is 0 Å². The van der Waals surface area contributed by atoms with Crippen molar-refractivity contribution in [1.82, 2.24) is 5.32 Å². The van der Waals surface area contributed by atoms with Gasteiger partial charge in [-0.1, -0.05) is 19.1 Å². The van der Waals surface area contributed by atoms with Crippen molar-refractivity contribution in [2.24, 2.45) is 0 Å². The fourth-order valence-electron chi connectivity index (χ4n) is 3.11. The highest BCUT2D eigenvalue weighted by Crippen LogP contribution is 2.26. The molecular weight excluding hydrogens is 276 g/mol. The molecule has 2 aromatic rings. The number of fused-ring (bicyclic) bond motifs is 1. The standard InChI is InChI=1S/C18H24N2S/c1-3-15-8-10-21-18(15)13-19-12-14-6-7-17-16(11-14)5-4-9-20(17)2/h6-8,10-11,19H,3-5,9,12-13H2,1-2H3.